The van der Waals surface area contributed by atoms with Gasteiger partial charge in [-0.2, -0.15) is 4.98 Å². The van der Waals surface area contributed by atoms with Crippen molar-refractivity contribution in [1.29, 1.82) is 0 Å². The van der Waals surface area contributed by atoms with Crippen LogP contribution in [0.15, 0.2) is 22.7 Å². The van der Waals surface area contributed by atoms with E-state index in [0.717, 1.165) is 0 Å². The van der Waals surface area contributed by atoms with Crippen LogP contribution in [-0.4, -0.2) is 22.2 Å². The zero-order chi connectivity index (χ0) is 12.4. The molecule has 0 unspecified atom stereocenters. The fraction of sp³-hybridized carbons (Fsp3) is 0.200. The van der Waals surface area contributed by atoms with E-state index in [1.54, 1.807) is 13.0 Å². The van der Waals surface area contributed by atoms with Gasteiger partial charge in [-0.15, -0.1) is 0 Å². The lowest BCUT2D eigenvalue weighted by Gasteiger charge is -2.01. The smallest absolute Gasteiger partial charge is 0.273 e. The summed E-state index contributed by atoms with van der Waals surface area (Å²) in [5.74, 6) is 1.06. The van der Waals surface area contributed by atoms with E-state index in [2.05, 4.69) is 10.1 Å². The lowest BCUT2D eigenvalue weighted by Crippen LogP contribution is -1.91. The molecule has 7 heteroatoms. The van der Waals surface area contributed by atoms with Gasteiger partial charge in [-0.1, -0.05) is 5.16 Å². The fourth-order valence-electron chi connectivity index (χ4n) is 1.34. The van der Waals surface area contributed by atoms with Gasteiger partial charge in [0.25, 0.3) is 11.6 Å². The van der Waals surface area contributed by atoms with Crippen molar-refractivity contribution in [3.05, 3.63) is 34.1 Å². The molecular formula is C10H9N3O4. The maximum Gasteiger partial charge on any atom is 0.273 e. The number of non-ortho nitro benzene ring substituents is 1. The molecule has 88 valence electrons. The average Bonchev–Trinajstić information content (AvgIpc) is 2.75. The van der Waals surface area contributed by atoms with E-state index in [-0.39, 0.29) is 11.6 Å². The molecule has 1 aromatic carbocycles. The number of ether oxygens (including phenoxy) is 1. The molecule has 2 rings (SSSR count). The molecular weight excluding hydrogens is 226 g/mol. The van der Waals surface area contributed by atoms with Crippen molar-refractivity contribution in [3.63, 3.8) is 0 Å². The Morgan fingerprint density at radius 2 is 2.18 bits per heavy atom. The highest BCUT2D eigenvalue weighted by Crippen LogP contribution is 2.28. The molecule has 0 aliphatic rings. The van der Waals surface area contributed by atoms with Gasteiger partial charge in [0.1, 0.15) is 5.75 Å². The Balaban J connectivity index is 2.53. The lowest BCUT2D eigenvalue weighted by molar-refractivity contribution is -0.384. The summed E-state index contributed by atoms with van der Waals surface area (Å²) in [6, 6.07) is 4.28. The van der Waals surface area contributed by atoms with Crippen molar-refractivity contribution in [2.75, 3.05) is 7.11 Å². The second kappa shape index (κ2) is 4.20. The van der Waals surface area contributed by atoms with Crippen LogP contribution in [0.25, 0.3) is 11.5 Å². The number of benzene rings is 1. The monoisotopic (exact) mass is 235 g/mol. The Morgan fingerprint density at radius 1 is 1.41 bits per heavy atom. The maximum atomic E-state index is 10.7. The highest BCUT2D eigenvalue weighted by molar-refractivity contribution is 5.61. The minimum Gasteiger partial charge on any atom is -0.496 e. The van der Waals surface area contributed by atoms with Gasteiger partial charge in [0.05, 0.1) is 23.7 Å². The fourth-order valence-corrected chi connectivity index (χ4v) is 1.34. The Kier molecular flexibility index (Phi) is 2.73. The Hall–Kier alpha value is -2.44. The molecule has 0 aliphatic carbocycles. The van der Waals surface area contributed by atoms with Crippen molar-refractivity contribution in [3.8, 4) is 17.2 Å². The van der Waals surface area contributed by atoms with Gasteiger partial charge < -0.3 is 9.26 Å². The van der Waals surface area contributed by atoms with Crippen LogP contribution in [0.2, 0.25) is 0 Å². The minimum atomic E-state index is -0.505. The van der Waals surface area contributed by atoms with E-state index < -0.39 is 4.92 Å². The van der Waals surface area contributed by atoms with Gasteiger partial charge in [0, 0.05) is 6.07 Å². The molecule has 0 atom stereocenters. The van der Waals surface area contributed by atoms with Crippen LogP contribution in [0.4, 0.5) is 5.69 Å². The maximum absolute atomic E-state index is 10.7. The number of aromatic nitrogens is 2. The van der Waals surface area contributed by atoms with Gasteiger partial charge in [-0.3, -0.25) is 10.1 Å². The summed E-state index contributed by atoms with van der Waals surface area (Å²) in [5, 5.41) is 14.4. The number of hydrogen-bond donors (Lipinski definition) is 0. The Labute approximate surface area is 96.2 Å². The van der Waals surface area contributed by atoms with E-state index in [1.807, 2.05) is 0 Å². The molecule has 0 amide bonds. The molecule has 0 saturated carbocycles. The first-order valence-corrected chi connectivity index (χ1v) is 4.74. The second-order valence-electron chi connectivity index (χ2n) is 3.32. The van der Waals surface area contributed by atoms with Gasteiger partial charge >= 0.3 is 0 Å². The van der Waals surface area contributed by atoms with Crippen LogP contribution in [0.3, 0.4) is 0 Å². The van der Waals surface area contributed by atoms with Crippen LogP contribution in [-0.2, 0) is 0 Å². The number of methoxy groups -OCH3 is 1. The van der Waals surface area contributed by atoms with Crippen molar-refractivity contribution in [2.24, 2.45) is 0 Å². The predicted octanol–water partition coefficient (Wildman–Crippen LogP) is 1.96. The third kappa shape index (κ3) is 2.22. The number of hydrogen-bond acceptors (Lipinski definition) is 6. The minimum absolute atomic E-state index is 0.0878. The predicted molar refractivity (Wildman–Crippen MR) is 57.7 cm³/mol. The third-order valence-corrected chi connectivity index (χ3v) is 2.11. The number of nitro benzene ring substituents is 1. The molecule has 1 aromatic heterocycles. The SMILES string of the molecule is COc1cc(-c2nc(C)no2)cc([N+](=O)[O-])c1. The molecule has 0 radical (unpaired) electrons. The van der Waals surface area contributed by atoms with E-state index in [4.69, 9.17) is 9.26 Å². The van der Waals surface area contributed by atoms with E-state index in [9.17, 15) is 10.1 Å². The molecule has 0 spiro atoms. The summed E-state index contributed by atoms with van der Waals surface area (Å²) in [7, 11) is 1.43. The first-order chi connectivity index (χ1) is 8.10. The van der Waals surface area contributed by atoms with E-state index >= 15 is 0 Å². The summed E-state index contributed by atoms with van der Waals surface area (Å²) >= 11 is 0. The number of nitro groups is 1. The summed E-state index contributed by atoms with van der Waals surface area (Å²) < 4.78 is 9.92. The first-order valence-electron chi connectivity index (χ1n) is 4.74. The first kappa shape index (κ1) is 11.1. The van der Waals surface area contributed by atoms with Crippen LogP contribution in [0.5, 0.6) is 5.75 Å². The highest BCUT2D eigenvalue weighted by Gasteiger charge is 2.14. The van der Waals surface area contributed by atoms with Crippen molar-refractivity contribution in [2.45, 2.75) is 6.92 Å². The lowest BCUT2D eigenvalue weighted by atomic mass is 10.2. The summed E-state index contributed by atoms with van der Waals surface area (Å²) in [6.07, 6.45) is 0. The zero-order valence-corrected chi connectivity index (χ0v) is 9.21. The van der Waals surface area contributed by atoms with E-state index in [1.165, 1.54) is 19.2 Å². The quantitative estimate of drug-likeness (QED) is 0.596. The molecule has 2 aromatic rings. The number of rotatable bonds is 3. The summed E-state index contributed by atoms with van der Waals surface area (Å²) in [4.78, 5) is 14.2. The Morgan fingerprint density at radius 3 is 2.71 bits per heavy atom. The standard InChI is InChI=1S/C10H9N3O4/c1-6-11-10(17-12-6)7-3-8(13(14)15)5-9(4-7)16-2/h3-5H,1-2H3. The van der Waals surface area contributed by atoms with E-state index in [0.29, 0.717) is 17.1 Å². The van der Waals surface area contributed by atoms with Crippen molar-refractivity contribution in [1.82, 2.24) is 10.1 Å². The molecule has 17 heavy (non-hydrogen) atoms. The van der Waals surface area contributed by atoms with Crippen LogP contribution < -0.4 is 4.74 Å². The molecule has 0 bridgehead atoms. The second-order valence-corrected chi connectivity index (χ2v) is 3.32. The molecule has 1 heterocycles. The Bertz CT molecular complexity index is 564. The van der Waals surface area contributed by atoms with Gasteiger partial charge in [0.2, 0.25) is 0 Å². The van der Waals surface area contributed by atoms with Gasteiger partial charge in [0.15, 0.2) is 5.82 Å². The largest absolute Gasteiger partial charge is 0.496 e. The van der Waals surface area contributed by atoms with Gasteiger partial charge in [-0.05, 0) is 13.0 Å². The summed E-state index contributed by atoms with van der Waals surface area (Å²) in [6.45, 7) is 1.67. The summed E-state index contributed by atoms with van der Waals surface area (Å²) in [5.41, 5.74) is 0.367. The molecule has 0 aliphatic heterocycles. The number of aryl methyl sites for hydroxylation is 1. The van der Waals surface area contributed by atoms with Crippen molar-refractivity contribution < 1.29 is 14.2 Å². The van der Waals surface area contributed by atoms with Crippen LogP contribution in [0.1, 0.15) is 5.82 Å². The normalized spacial score (nSPS) is 10.2. The third-order valence-electron chi connectivity index (χ3n) is 2.11. The van der Waals surface area contributed by atoms with Crippen LogP contribution in [0, 0.1) is 17.0 Å². The average molecular weight is 235 g/mol. The van der Waals surface area contributed by atoms with Crippen LogP contribution >= 0.6 is 0 Å². The molecule has 7 nitrogen and oxygen atoms in total. The molecule has 0 fully saturated rings. The van der Waals surface area contributed by atoms with Gasteiger partial charge in [-0.25, -0.2) is 0 Å². The van der Waals surface area contributed by atoms with Crippen molar-refractivity contribution >= 4 is 5.69 Å². The molecule has 0 saturated heterocycles. The topological polar surface area (TPSA) is 91.3 Å². The highest BCUT2D eigenvalue weighted by atomic mass is 16.6. The molecule has 0 N–H and O–H groups in total. The zero-order valence-electron chi connectivity index (χ0n) is 9.21. The number of nitrogens with zero attached hydrogens (tertiary/aromatic N) is 3.